The minimum Gasteiger partial charge on any atom is -0.352 e. The van der Waals surface area contributed by atoms with Gasteiger partial charge in [-0.2, -0.15) is 0 Å². The lowest BCUT2D eigenvalue weighted by atomic mass is 10.0. The number of rotatable bonds is 12. The second-order valence-corrected chi connectivity index (χ2v) is 14.3. The van der Waals surface area contributed by atoms with Gasteiger partial charge in [0, 0.05) is 24.0 Å². The number of nitrogens with one attached hydrogen (secondary N) is 1. The molecular weight excluding hydrogens is 641 g/mol. The molecule has 10 heteroatoms. The first-order chi connectivity index (χ1) is 22.1. The lowest BCUT2D eigenvalue weighted by Gasteiger charge is -2.34. The van der Waals surface area contributed by atoms with E-state index in [0.717, 1.165) is 46.7 Å². The summed E-state index contributed by atoms with van der Waals surface area (Å²) in [6.07, 6.45) is 4.09. The number of halogens is 2. The van der Waals surface area contributed by atoms with Gasteiger partial charge >= 0.3 is 0 Å². The van der Waals surface area contributed by atoms with Crippen LogP contribution in [0.4, 0.5) is 5.69 Å². The molecule has 240 valence electrons. The Morgan fingerprint density at radius 1 is 0.848 bits per heavy atom. The van der Waals surface area contributed by atoms with E-state index in [2.05, 4.69) is 5.32 Å². The molecule has 0 bridgehead atoms. The molecule has 0 heterocycles. The maximum atomic E-state index is 14.6. The van der Waals surface area contributed by atoms with Crippen molar-refractivity contribution in [1.82, 2.24) is 10.2 Å². The molecule has 4 aromatic carbocycles. The highest BCUT2D eigenvalue weighted by Crippen LogP contribution is 2.33. The van der Waals surface area contributed by atoms with Crippen molar-refractivity contribution in [2.45, 2.75) is 62.6 Å². The molecule has 46 heavy (non-hydrogen) atoms. The van der Waals surface area contributed by atoms with Crippen molar-refractivity contribution in [3.8, 4) is 0 Å². The fourth-order valence-electron chi connectivity index (χ4n) is 5.73. The first-order valence-corrected chi connectivity index (χ1v) is 17.5. The van der Waals surface area contributed by atoms with Crippen LogP contribution in [0.1, 0.15) is 42.4 Å². The van der Waals surface area contributed by atoms with E-state index >= 15 is 0 Å². The number of amides is 2. The van der Waals surface area contributed by atoms with E-state index in [1.165, 1.54) is 35.2 Å². The third kappa shape index (κ3) is 8.29. The molecule has 0 radical (unpaired) electrons. The van der Waals surface area contributed by atoms with Gasteiger partial charge in [-0.25, -0.2) is 8.42 Å². The number of nitrogens with zero attached hydrogens (tertiary/aromatic N) is 2. The second kappa shape index (κ2) is 15.2. The first kappa shape index (κ1) is 33.5. The van der Waals surface area contributed by atoms with Gasteiger partial charge in [-0.05, 0) is 61.2 Å². The summed E-state index contributed by atoms with van der Waals surface area (Å²) < 4.78 is 29.3. The monoisotopic (exact) mass is 677 g/mol. The quantitative estimate of drug-likeness (QED) is 0.172. The van der Waals surface area contributed by atoms with Gasteiger partial charge in [-0.1, -0.05) is 114 Å². The van der Waals surface area contributed by atoms with Gasteiger partial charge in [0.05, 0.1) is 15.6 Å². The molecule has 0 aliphatic heterocycles. The minimum absolute atomic E-state index is 0.00119. The predicted octanol–water partition coefficient (Wildman–Crippen LogP) is 7.20. The van der Waals surface area contributed by atoms with Crippen molar-refractivity contribution in [2.75, 3.05) is 10.8 Å². The second-order valence-electron chi connectivity index (χ2n) is 11.6. The van der Waals surface area contributed by atoms with Crippen LogP contribution in [0.3, 0.4) is 0 Å². The molecule has 1 N–H and O–H groups in total. The molecule has 4 aromatic rings. The summed E-state index contributed by atoms with van der Waals surface area (Å²) >= 11 is 12.7. The summed E-state index contributed by atoms with van der Waals surface area (Å²) in [5.41, 5.74) is 2.85. The topological polar surface area (TPSA) is 86.8 Å². The summed E-state index contributed by atoms with van der Waals surface area (Å²) in [5.74, 6) is -0.813. The van der Waals surface area contributed by atoms with E-state index in [9.17, 15) is 18.0 Å². The Labute approximate surface area is 281 Å². The van der Waals surface area contributed by atoms with Crippen LogP contribution >= 0.6 is 23.2 Å². The van der Waals surface area contributed by atoms with Gasteiger partial charge in [0.2, 0.25) is 11.8 Å². The van der Waals surface area contributed by atoms with Crippen molar-refractivity contribution in [1.29, 1.82) is 0 Å². The van der Waals surface area contributed by atoms with Crippen molar-refractivity contribution in [3.05, 3.63) is 130 Å². The molecule has 0 saturated heterocycles. The zero-order valence-electron chi connectivity index (χ0n) is 25.6. The van der Waals surface area contributed by atoms with Crippen molar-refractivity contribution >= 4 is 50.7 Å². The molecule has 5 rings (SSSR count). The summed E-state index contributed by atoms with van der Waals surface area (Å²) in [4.78, 5) is 30.2. The number of sulfonamides is 1. The van der Waals surface area contributed by atoms with E-state index in [-0.39, 0.29) is 40.5 Å². The average molecular weight is 679 g/mol. The van der Waals surface area contributed by atoms with Crippen molar-refractivity contribution in [3.63, 3.8) is 0 Å². The van der Waals surface area contributed by atoms with Gasteiger partial charge in [0.1, 0.15) is 12.6 Å². The molecule has 0 unspecified atom stereocenters. The fourth-order valence-corrected chi connectivity index (χ4v) is 7.74. The van der Waals surface area contributed by atoms with Crippen LogP contribution in [0.2, 0.25) is 10.0 Å². The van der Waals surface area contributed by atoms with Gasteiger partial charge in [0.15, 0.2) is 0 Å². The smallest absolute Gasteiger partial charge is 0.264 e. The molecule has 0 aromatic heterocycles. The Kier molecular flexibility index (Phi) is 11.0. The molecule has 1 fully saturated rings. The number of anilines is 1. The normalized spacial score (nSPS) is 14.1. The SMILES string of the molecule is Cc1ccc(CN(C(=O)CN(c2ccc(Cl)cc2Cl)S(=O)(=O)c2ccccc2)[C@H](Cc2ccccc2)C(=O)NC2CCCC2)cc1. The highest BCUT2D eigenvalue weighted by Gasteiger charge is 2.36. The van der Waals surface area contributed by atoms with Crippen LogP contribution in [0.15, 0.2) is 108 Å². The van der Waals surface area contributed by atoms with Gasteiger partial charge in [0.25, 0.3) is 10.0 Å². The molecule has 1 saturated carbocycles. The van der Waals surface area contributed by atoms with Crippen molar-refractivity contribution < 1.29 is 18.0 Å². The number of hydrogen-bond acceptors (Lipinski definition) is 4. The molecule has 1 aliphatic rings. The molecule has 0 spiro atoms. The van der Waals surface area contributed by atoms with Gasteiger partial charge in [-0.3, -0.25) is 13.9 Å². The zero-order chi connectivity index (χ0) is 32.7. The first-order valence-electron chi connectivity index (χ1n) is 15.3. The number of aryl methyl sites for hydroxylation is 1. The lowest BCUT2D eigenvalue weighted by molar-refractivity contribution is -0.140. The highest BCUT2D eigenvalue weighted by atomic mass is 35.5. The third-order valence-corrected chi connectivity index (χ3v) is 10.5. The molecular formula is C36H37Cl2N3O4S. The minimum atomic E-state index is -4.26. The summed E-state index contributed by atoms with van der Waals surface area (Å²) in [6, 6.07) is 28.7. The Morgan fingerprint density at radius 3 is 2.11 bits per heavy atom. The fraction of sp³-hybridized carbons (Fsp3) is 0.278. The van der Waals surface area contributed by atoms with Crippen LogP contribution in [-0.2, 0) is 32.6 Å². The van der Waals surface area contributed by atoms with E-state index in [1.807, 2.05) is 61.5 Å². The summed E-state index contributed by atoms with van der Waals surface area (Å²) in [5, 5.41) is 3.58. The van der Waals surface area contributed by atoms with Crippen LogP contribution in [0, 0.1) is 6.92 Å². The predicted molar refractivity (Wildman–Crippen MR) is 183 cm³/mol. The van der Waals surface area contributed by atoms with E-state index in [4.69, 9.17) is 23.2 Å². The van der Waals surface area contributed by atoms with E-state index in [0.29, 0.717) is 5.02 Å². The summed E-state index contributed by atoms with van der Waals surface area (Å²) in [6.45, 7) is 1.48. The highest BCUT2D eigenvalue weighted by molar-refractivity contribution is 7.92. The number of carbonyl (C=O) groups excluding carboxylic acids is 2. The van der Waals surface area contributed by atoms with E-state index in [1.54, 1.807) is 18.2 Å². The largest absolute Gasteiger partial charge is 0.352 e. The Hall–Kier alpha value is -3.85. The Morgan fingerprint density at radius 2 is 1.48 bits per heavy atom. The summed E-state index contributed by atoms with van der Waals surface area (Å²) in [7, 11) is -4.26. The van der Waals surface area contributed by atoms with Gasteiger partial charge in [-0.15, -0.1) is 0 Å². The molecule has 1 atom stereocenters. The number of carbonyl (C=O) groups is 2. The maximum Gasteiger partial charge on any atom is 0.264 e. The average Bonchev–Trinajstić information content (AvgIpc) is 3.56. The van der Waals surface area contributed by atoms with Crippen LogP contribution in [-0.4, -0.2) is 43.8 Å². The maximum absolute atomic E-state index is 14.6. The van der Waals surface area contributed by atoms with Crippen LogP contribution in [0.25, 0.3) is 0 Å². The Balaban J connectivity index is 1.57. The number of hydrogen-bond donors (Lipinski definition) is 1. The van der Waals surface area contributed by atoms with Crippen molar-refractivity contribution in [2.24, 2.45) is 0 Å². The Bertz CT molecular complexity index is 1750. The molecule has 7 nitrogen and oxygen atoms in total. The molecule has 2 amide bonds. The molecule has 1 aliphatic carbocycles. The standard InChI is InChI=1S/C36H37Cl2N3O4S/c1-26-16-18-28(19-17-26)24-40(34(22-27-10-4-2-5-11-27)36(43)39-30-12-8-9-13-30)35(42)25-41(33-21-20-29(37)23-32(33)38)46(44,45)31-14-6-3-7-15-31/h2-7,10-11,14-21,23,30,34H,8-9,12-13,22,24-25H2,1H3,(H,39,43)/t34-/m1/s1. The van der Waals surface area contributed by atoms with Crippen LogP contribution in [0.5, 0.6) is 0 Å². The zero-order valence-corrected chi connectivity index (χ0v) is 27.9. The van der Waals surface area contributed by atoms with E-state index < -0.39 is 28.5 Å². The van der Waals surface area contributed by atoms with Gasteiger partial charge < -0.3 is 10.2 Å². The lowest BCUT2D eigenvalue weighted by Crippen LogP contribution is -2.54. The number of benzene rings is 4. The third-order valence-electron chi connectivity index (χ3n) is 8.23. The van der Waals surface area contributed by atoms with Crippen LogP contribution < -0.4 is 9.62 Å².